The van der Waals surface area contributed by atoms with Gasteiger partial charge in [-0.25, -0.2) is 4.79 Å². The number of benzene rings is 2. The number of cyclic esters (lactones) is 1. The minimum absolute atomic E-state index is 0.132. The van der Waals surface area contributed by atoms with Gasteiger partial charge in [0.05, 0.1) is 11.1 Å². The number of rotatable bonds is 1. The molecule has 0 aromatic heterocycles. The Hall–Kier alpha value is -2.56. The highest BCUT2D eigenvalue weighted by Crippen LogP contribution is 2.36. The Morgan fingerprint density at radius 1 is 0.952 bits per heavy atom. The van der Waals surface area contributed by atoms with Crippen molar-refractivity contribution < 1.29 is 22.7 Å². The molecule has 106 valence electrons. The smallest absolute Gasteiger partial charge is 0.416 e. The molecule has 0 N–H and O–H groups in total. The van der Waals surface area contributed by atoms with E-state index in [9.17, 15) is 18.0 Å². The normalized spacial score (nSPS) is 16.0. The average Bonchev–Trinajstić information content (AvgIpc) is 2.75. The first-order valence-electron chi connectivity index (χ1n) is 6.16. The fraction of sp³-hybridized carbons (Fsp3) is 0.0625. The van der Waals surface area contributed by atoms with E-state index >= 15 is 0 Å². The van der Waals surface area contributed by atoms with Gasteiger partial charge in [0, 0.05) is 5.56 Å². The zero-order chi connectivity index (χ0) is 15.0. The maximum atomic E-state index is 12.8. The lowest BCUT2D eigenvalue weighted by Crippen LogP contribution is -2.05. The van der Waals surface area contributed by atoms with Crippen molar-refractivity contribution in [3.05, 3.63) is 70.8 Å². The number of alkyl halides is 3. The molecule has 2 aromatic rings. The topological polar surface area (TPSA) is 26.3 Å². The summed E-state index contributed by atoms with van der Waals surface area (Å²) in [5.74, 6) is -0.506. The lowest BCUT2D eigenvalue weighted by Gasteiger charge is -2.07. The van der Waals surface area contributed by atoms with Crippen LogP contribution in [0, 0.1) is 0 Å². The summed E-state index contributed by atoms with van der Waals surface area (Å²) in [4.78, 5) is 11.7. The number of carbonyl (C=O) groups is 1. The van der Waals surface area contributed by atoms with Crippen LogP contribution >= 0.6 is 0 Å². The van der Waals surface area contributed by atoms with Crippen LogP contribution in [0.2, 0.25) is 0 Å². The lowest BCUT2D eigenvalue weighted by molar-refractivity contribution is -0.137. The van der Waals surface area contributed by atoms with Crippen LogP contribution in [0.3, 0.4) is 0 Å². The molecule has 0 saturated carbocycles. The van der Waals surface area contributed by atoms with Crippen LogP contribution in [-0.2, 0) is 10.9 Å². The van der Waals surface area contributed by atoms with E-state index in [2.05, 4.69) is 0 Å². The monoisotopic (exact) mass is 290 g/mol. The zero-order valence-corrected chi connectivity index (χ0v) is 10.6. The van der Waals surface area contributed by atoms with Gasteiger partial charge in [-0.1, -0.05) is 30.3 Å². The molecule has 0 amide bonds. The van der Waals surface area contributed by atoms with Gasteiger partial charge in [-0.15, -0.1) is 0 Å². The van der Waals surface area contributed by atoms with Crippen molar-refractivity contribution in [1.29, 1.82) is 0 Å². The maximum absolute atomic E-state index is 12.8. The van der Waals surface area contributed by atoms with Gasteiger partial charge in [0.25, 0.3) is 0 Å². The number of ether oxygens (including phenoxy) is 1. The molecule has 0 fully saturated rings. The molecular formula is C16H9F3O2. The first-order chi connectivity index (χ1) is 9.95. The molecule has 0 bridgehead atoms. The number of hydrogen-bond donors (Lipinski definition) is 0. The predicted octanol–water partition coefficient (Wildman–Crippen LogP) is 4.37. The molecule has 2 aromatic carbocycles. The second-order valence-electron chi connectivity index (χ2n) is 4.57. The fourth-order valence-electron chi connectivity index (χ4n) is 2.12. The van der Waals surface area contributed by atoms with Crippen LogP contribution in [0.5, 0.6) is 0 Å². The quantitative estimate of drug-likeness (QED) is 0.729. The van der Waals surface area contributed by atoms with E-state index in [1.165, 1.54) is 0 Å². The Morgan fingerprint density at radius 2 is 1.67 bits per heavy atom. The molecule has 0 spiro atoms. The minimum Gasteiger partial charge on any atom is -0.422 e. The van der Waals surface area contributed by atoms with Gasteiger partial charge in [-0.3, -0.25) is 0 Å². The summed E-state index contributed by atoms with van der Waals surface area (Å²) in [6.45, 7) is 0. The summed E-state index contributed by atoms with van der Waals surface area (Å²) in [5.41, 5.74) is 0.243. The summed E-state index contributed by atoms with van der Waals surface area (Å²) < 4.78 is 43.3. The third kappa shape index (κ3) is 2.54. The van der Waals surface area contributed by atoms with Crippen molar-refractivity contribution in [2.45, 2.75) is 6.18 Å². The van der Waals surface area contributed by atoms with Gasteiger partial charge in [0.15, 0.2) is 0 Å². The summed E-state index contributed by atoms with van der Waals surface area (Å²) in [6, 6.07) is 11.9. The zero-order valence-electron chi connectivity index (χ0n) is 10.6. The van der Waals surface area contributed by atoms with E-state index in [0.29, 0.717) is 0 Å². The van der Waals surface area contributed by atoms with Crippen molar-refractivity contribution in [2.75, 3.05) is 0 Å². The van der Waals surface area contributed by atoms with E-state index in [0.717, 1.165) is 23.8 Å². The van der Waals surface area contributed by atoms with Crippen LogP contribution in [-0.4, -0.2) is 5.97 Å². The highest BCUT2D eigenvalue weighted by atomic mass is 19.4. The second kappa shape index (κ2) is 4.77. The Bertz CT molecular complexity index is 731. The van der Waals surface area contributed by atoms with E-state index < -0.39 is 17.7 Å². The summed E-state index contributed by atoms with van der Waals surface area (Å²) in [6.07, 6.45) is -2.91. The van der Waals surface area contributed by atoms with Crippen LogP contribution in [0.1, 0.15) is 27.0 Å². The van der Waals surface area contributed by atoms with Crippen molar-refractivity contribution >= 4 is 17.8 Å². The third-order valence-corrected chi connectivity index (χ3v) is 3.13. The summed E-state index contributed by atoms with van der Waals surface area (Å²) >= 11 is 0. The molecule has 0 saturated heterocycles. The van der Waals surface area contributed by atoms with Crippen LogP contribution in [0.25, 0.3) is 11.8 Å². The Kier molecular flexibility index (Phi) is 3.05. The number of carbonyl (C=O) groups excluding carboxylic acids is 1. The van der Waals surface area contributed by atoms with E-state index in [4.69, 9.17) is 4.74 Å². The van der Waals surface area contributed by atoms with Crippen LogP contribution in [0.15, 0.2) is 48.5 Å². The van der Waals surface area contributed by atoms with Gasteiger partial charge in [-0.2, -0.15) is 13.2 Å². The van der Waals surface area contributed by atoms with Crippen LogP contribution in [0.4, 0.5) is 13.2 Å². The van der Waals surface area contributed by atoms with Gasteiger partial charge in [0.1, 0.15) is 5.76 Å². The first-order valence-corrected chi connectivity index (χ1v) is 6.16. The van der Waals surface area contributed by atoms with E-state index in [1.54, 1.807) is 30.3 Å². The molecule has 5 heteroatoms. The van der Waals surface area contributed by atoms with Gasteiger partial charge >= 0.3 is 12.1 Å². The van der Waals surface area contributed by atoms with Crippen LogP contribution < -0.4 is 0 Å². The average molecular weight is 290 g/mol. The maximum Gasteiger partial charge on any atom is 0.416 e. The van der Waals surface area contributed by atoms with Crippen molar-refractivity contribution in [3.63, 3.8) is 0 Å². The SMILES string of the molecule is O=C1OC(=Cc2ccccc2)c2cc(C(F)(F)F)ccc21. The Balaban J connectivity index is 2.10. The lowest BCUT2D eigenvalue weighted by atomic mass is 10.0. The first kappa shape index (κ1) is 13.4. The largest absolute Gasteiger partial charge is 0.422 e. The van der Waals surface area contributed by atoms with Crippen molar-refractivity contribution in [2.24, 2.45) is 0 Å². The molecule has 0 radical (unpaired) electrons. The molecule has 2 nitrogen and oxygen atoms in total. The van der Waals surface area contributed by atoms with Gasteiger partial charge < -0.3 is 4.74 Å². The molecule has 1 heterocycles. The Labute approximate surface area is 118 Å². The molecule has 1 aliphatic heterocycles. The second-order valence-corrected chi connectivity index (χ2v) is 4.57. The van der Waals surface area contributed by atoms with E-state index in [1.807, 2.05) is 6.07 Å². The third-order valence-electron chi connectivity index (χ3n) is 3.13. The standard InChI is InChI=1S/C16H9F3O2/c17-16(18,19)11-6-7-12-13(9-11)14(21-15(12)20)8-10-4-2-1-3-5-10/h1-9H. The van der Waals surface area contributed by atoms with Gasteiger partial charge in [0.2, 0.25) is 0 Å². The molecule has 0 atom stereocenters. The summed E-state index contributed by atoms with van der Waals surface area (Å²) in [5, 5.41) is 0. The van der Waals surface area contributed by atoms with Crippen molar-refractivity contribution in [3.8, 4) is 0 Å². The minimum atomic E-state index is -4.46. The van der Waals surface area contributed by atoms with E-state index in [-0.39, 0.29) is 16.9 Å². The molecule has 0 aliphatic carbocycles. The number of hydrogen-bond acceptors (Lipinski definition) is 2. The highest BCUT2D eigenvalue weighted by Gasteiger charge is 2.34. The molecule has 21 heavy (non-hydrogen) atoms. The highest BCUT2D eigenvalue weighted by molar-refractivity contribution is 6.05. The number of esters is 1. The molecule has 1 aliphatic rings. The predicted molar refractivity (Wildman–Crippen MR) is 71.2 cm³/mol. The fourth-order valence-corrected chi connectivity index (χ4v) is 2.12. The summed E-state index contributed by atoms with van der Waals surface area (Å²) in [7, 11) is 0. The number of halogens is 3. The Morgan fingerprint density at radius 3 is 2.33 bits per heavy atom. The molecule has 0 unspecified atom stereocenters. The molecule has 3 rings (SSSR count). The van der Waals surface area contributed by atoms with Crippen molar-refractivity contribution in [1.82, 2.24) is 0 Å². The number of fused-ring (bicyclic) bond motifs is 1. The molecular weight excluding hydrogens is 281 g/mol. The van der Waals surface area contributed by atoms with Gasteiger partial charge in [-0.05, 0) is 29.8 Å².